The van der Waals surface area contributed by atoms with E-state index in [0.29, 0.717) is 22.9 Å². The smallest absolute Gasteiger partial charge is 0.354 e. The van der Waals surface area contributed by atoms with E-state index in [1.807, 2.05) is 12.1 Å². The molecular formula is C19H19FN4O2. The Bertz CT molecular complexity index is 1030. The molecule has 1 saturated carbocycles. The van der Waals surface area contributed by atoms with E-state index in [1.54, 1.807) is 19.2 Å². The maximum atomic E-state index is 13.4. The second kappa shape index (κ2) is 6.40. The first kappa shape index (κ1) is 16.5. The highest BCUT2D eigenvalue weighted by Gasteiger charge is 2.25. The van der Waals surface area contributed by atoms with Gasteiger partial charge in [-0.1, -0.05) is 6.07 Å². The molecule has 1 aromatic carbocycles. The number of halogens is 1. The number of aromatic nitrogens is 3. The van der Waals surface area contributed by atoms with Crippen LogP contribution in [0, 0.1) is 0 Å². The molecule has 0 aliphatic heterocycles. The molecule has 2 aromatic heterocycles. The van der Waals surface area contributed by atoms with E-state index in [1.165, 1.54) is 23.3 Å². The van der Waals surface area contributed by atoms with Crippen LogP contribution in [0.3, 0.4) is 0 Å². The summed E-state index contributed by atoms with van der Waals surface area (Å²) < 4.78 is 20.0. The van der Waals surface area contributed by atoms with Crippen molar-refractivity contribution in [3.63, 3.8) is 0 Å². The average molecular weight is 354 g/mol. The number of hydrogen-bond acceptors (Lipinski definition) is 5. The van der Waals surface area contributed by atoms with Crippen molar-refractivity contribution in [1.82, 2.24) is 14.5 Å². The number of ether oxygens (including phenoxy) is 1. The molecule has 1 atom stereocenters. The summed E-state index contributed by atoms with van der Waals surface area (Å²) in [6.07, 6.45) is 2.26. The Kier molecular flexibility index (Phi) is 4.06. The standard InChI is InChI=1S/C19H19FN4O2/c1-11(20)26-18-15(4-3-9-22-18)24-16-10-13(12-5-6-12)7-8-14(16)17(21-2)23-19(24)25/h3-4,7-12H,5-6H2,1-2H3,(H,21,23,25). The zero-order valence-electron chi connectivity index (χ0n) is 14.6. The Hall–Kier alpha value is -2.96. The second-order valence-electron chi connectivity index (χ2n) is 6.37. The maximum absolute atomic E-state index is 13.4. The molecule has 0 spiro atoms. The Balaban J connectivity index is 2.02. The number of alkyl halides is 1. The van der Waals surface area contributed by atoms with Crippen LogP contribution in [0.1, 0.15) is 31.2 Å². The number of hydrogen-bond donors (Lipinski definition) is 1. The first-order chi connectivity index (χ1) is 12.6. The van der Waals surface area contributed by atoms with Gasteiger partial charge in [-0.05, 0) is 48.6 Å². The van der Waals surface area contributed by atoms with Crippen molar-refractivity contribution in [3.8, 4) is 11.6 Å². The third kappa shape index (κ3) is 2.89. The van der Waals surface area contributed by atoms with E-state index in [4.69, 9.17) is 4.74 Å². The van der Waals surface area contributed by atoms with Crippen LogP contribution in [0.15, 0.2) is 41.3 Å². The van der Waals surface area contributed by atoms with Gasteiger partial charge in [0.15, 0.2) is 0 Å². The fourth-order valence-electron chi connectivity index (χ4n) is 3.13. The third-order valence-corrected chi connectivity index (χ3v) is 4.47. The summed E-state index contributed by atoms with van der Waals surface area (Å²) in [6, 6.07) is 9.40. The van der Waals surface area contributed by atoms with Crippen molar-refractivity contribution >= 4 is 16.7 Å². The first-order valence-electron chi connectivity index (χ1n) is 8.59. The van der Waals surface area contributed by atoms with Gasteiger partial charge in [0.05, 0.1) is 5.52 Å². The highest BCUT2D eigenvalue weighted by molar-refractivity contribution is 5.91. The fraction of sp³-hybridized carbons (Fsp3) is 0.316. The molecule has 1 unspecified atom stereocenters. The van der Waals surface area contributed by atoms with Gasteiger partial charge in [0, 0.05) is 25.6 Å². The summed E-state index contributed by atoms with van der Waals surface area (Å²) in [5, 5.41) is 3.77. The van der Waals surface area contributed by atoms with Crippen LogP contribution in [0.25, 0.3) is 16.6 Å². The highest BCUT2D eigenvalue weighted by atomic mass is 19.1. The van der Waals surface area contributed by atoms with Gasteiger partial charge in [-0.25, -0.2) is 14.2 Å². The Morgan fingerprint density at radius 1 is 1.35 bits per heavy atom. The van der Waals surface area contributed by atoms with Crippen molar-refractivity contribution in [1.29, 1.82) is 0 Å². The zero-order chi connectivity index (χ0) is 18.3. The average Bonchev–Trinajstić information content (AvgIpc) is 3.46. The minimum Gasteiger partial charge on any atom is -0.442 e. The third-order valence-electron chi connectivity index (χ3n) is 4.47. The van der Waals surface area contributed by atoms with Gasteiger partial charge in [0.25, 0.3) is 0 Å². The second-order valence-corrected chi connectivity index (χ2v) is 6.37. The fourth-order valence-corrected chi connectivity index (χ4v) is 3.13. The van der Waals surface area contributed by atoms with Crippen molar-refractivity contribution in [3.05, 3.63) is 52.6 Å². The predicted molar refractivity (Wildman–Crippen MR) is 97.9 cm³/mol. The Labute approximate surface area is 149 Å². The molecule has 0 saturated heterocycles. The minimum absolute atomic E-state index is 0.0572. The monoisotopic (exact) mass is 354 g/mol. The van der Waals surface area contributed by atoms with Crippen LogP contribution in [0.4, 0.5) is 10.2 Å². The molecule has 0 bridgehead atoms. The molecule has 7 heteroatoms. The molecule has 0 radical (unpaired) electrons. The molecule has 26 heavy (non-hydrogen) atoms. The molecular weight excluding hydrogens is 335 g/mol. The Morgan fingerprint density at radius 3 is 2.85 bits per heavy atom. The number of nitrogens with zero attached hydrogens (tertiary/aromatic N) is 3. The summed E-state index contributed by atoms with van der Waals surface area (Å²) in [5.41, 5.74) is 1.78. The summed E-state index contributed by atoms with van der Waals surface area (Å²) in [6.45, 7) is 1.27. The van der Waals surface area contributed by atoms with E-state index < -0.39 is 12.0 Å². The normalized spacial score (nSPS) is 15.0. The van der Waals surface area contributed by atoms with Gasteiger partial charge in [0.2, 0.25) is 12.2 Å². The lowest BCUT2D eigenvalue weighted by Gasteiger charge is -2.16. The maximum Gasteiger partial charge on any atom is 0.354 e. The zero-order valence-corrected chi connectivity index (χ0v) is 14.6. The van der Waals surface area contributed by atoms with E-state index in [0.717, 1.165) is 18.2 Å². The molecule has 1 aliphatic rings. The minimum atomic E-state index is -1.54. The van der Waals surface area contributed by atoms with Gasteiger partial charge < -0.3 is 10.1 Å². The van der Waals surface area contributed by atoms with Crippen molar-refractivity contribution in [2.24, 2.45) is 0 Å². The quantitative estimate of drug-likeness (QED) is 0.761. The molecule has 4 rings (SSSR count). The summed E-state index contributed by atoms with van der Waals surface area (Å²) in [7, 11) is 1.73. The number of anilines is 1. The number of pyridine rings is 1. The number of fused-ring (bicyclic) bond motifs is 1. The predicted octanol–water partition coefficient (Wildman–Crippen LogP) is 3.39. The SMILES string of the molecule is CNc1nc(=O)n(-c2cccnc2OC(C)F)c2cc(C3CC3)ccc12. The van der Waals surface area contributed by atoms with Crippen molar-refractivity contribution in [2.45, 2.75) is 32.0 Å². The lowest BCUT2D eigenvalue weighted by molar-refractivity contribution is 0.0808. The summed E-state index contributed by atoms with van der Waals surface area (Å²) in [4.78, 5) is 21.0. The van der Waals surface area contributed by atoms with E-state index in [-0.39, 0.29) is 5.88 Å². The molecule has 6 nitrogen and oxygen atoms in total. The lowest BCUT2D eigenvalue weighted by Crippen LogP contribution is -2.24. The molecule has 0 amide bonds. The van der Waals surface area contributed by atoms with Crippen molar-refractivity contribution in [2.75, 3.05) is 12.4 Å². The van der Waals surface area contributed by atoms with E-state index in [9.17, 15) is 9.18 Å². The highest BCUT2D eigenvalue weighted by Crippen LogP contribution is 2.41. The lowest BCUT2D eigenvalue weighted by atomic mass is 10.1. The van der Waals surface area contributed by atoms with Crippen LogP contribution < -0.4 is 15.7 Å². The molecule has 1 N–H and O–H groups in total. The topological polar surface area (TPSA) is 69.0 Å². The van der Waals surface area contributed by atoms with Crippen LogP contribution >= 0.6 is 0 Å². The van der Waals surface area contributed by atoms with Crippen LogP contribution in [0.5, 0.6) is 5.88 Å². The summed E-state index contributed by atoms with van der Waals surface area (Å²) in [5.74, 6) is 1.10. The van der Waals surface area contributed by atoms with E-state index >= 15 is 0 Å². The van der Waals surface area contributed by atoms with Gasteiger partial charge in [-0.15, -0.1) is 0 Å². The van der Waals surface area contributed by atoms with Gasteiger partial charge in [-0.2, -0.15) is 4.98 Å². The summed E-state index contributed by atoms with van der Waals surface area (Å²) >= 11 is 0. The van der Waals surface area contributed by atoms with E-state index in [2.05, 4.69) is 21.4 Å². The number of benzene rings is 1. The van der Waals surface area contributed by atoms with Gasteiger partial charge >= 0.3 is 5.69 Å². The van der Waals surface area contributed by atoms with Crippen molar-refractivity contribution < 1.29 is 9.13 Å². The molecule has 2 heterocycles. The largest absolute Gasteiger partial charge is 0.442 e. The van der Waals surface area contributed by atoms with Crippen LogP contribution in [-0.4, -0.2) is 27.9 Å². The number of rotatable bonds is 5. The molecule has 1 aliphatic carbocycles. The molecule has 1 fully saturated rings. The van der Waals surface area contributed by atoms with Gasteiger partial charge in [0.1, 0.15) is 11.5 Å². The molecule has 134 valence electrons. The van der Waals surface area contributed by atoms with Gasteiger partial charge in [-0.3, -0.25) is 4.57 Å². The van der Waals surface area contributed by atoms with Crippen LogP contribution in [0.2, 0.25) is 0 Å². The van der Waals surface area contributed by atoms with Crippen LogP contribution in [-0.2, 0) is 0 Å². The number of nitrogens with one attached hydrogen (secondary N) is 1. The first-order valence-corrected chi connectivity index (χ1v) is 8.59. The Morgan fingerprint density at radius 2 is 2.15 bits per heavy atom. The molecule has 3 aromatic rings.